The number of hydrogen-bond acceptors (Lipinski definition) is 3. The zero-order valence-electron chi connectivity index (χ0n) is 7.98. The topological polar surface area (TPSA) is 72.2 Å². The van der Waals surface area contributed by atoms with Crippen molar-refractivity contribution in [2.45, 2.75) is 37.0 Å². The minimum atomic E-state index is -2.97. The second-order valence-electron chi connectivity index (χ2n) is 4.13. The van der Waals surface area contributed by atoms with Crippen LogP contribution in [0.25, 0.3) is 0 Å². The molecule has 4 nitrogen and oxygen atoms in total. The van der Waals surface area contributed by atoms with Crippen LogP contribution in [0.2, 0.25) is 0 Å². The Morgan fingerprint density at radius 1 is 1.29 bits per heavy atom. The first-order valence-electron chi connectivity index (χ1n) is 4.83. The van der Waals surface area contributed by atoms with E-state index in [4.69, 9.17) is 5.73 Å². The maximum atomic E-state index is 11.4. The Bertz CT molecular complexity index is 284. The fourth-order valence-electron chi connectivity index (χ4n) is 1.73. The van der Waals surface area contributed by atoms with Gasteiger partial charge in [0.25, 0.3) is 0 Å². The number of hydrogen-bond donors (Lipinski definition) is 2. The molecule has 2 aliphatic rings. The van der Waals surface area contributed by atoms with Crippen molar-refractivity contribution < 1.29 is 8.42 Å². The molecule has 0 radical (unpaired) electrons. The van der Waals surface area contributed by atoms with Gasteiger partial charge in [-0.15, -0.1) is 12.4 Å². The maximum Gasteiger partial charge on any atom is 0.214 e. The van der Waals surface area contributed by atoms with Crippen molar-refractivity contribution in [2.24, 2.45) is 11.7 Å². The highest BCUT2D eigenvalue weighted by Gasteiger charge is 2.39. The molecular formula is C8H17ClN2O2S. The maximum absolute atomic E-state index is 11.4. The van der Waals surface area contributed by atoms with Gasteiger partial charge in [-0.1, -0.05) is 0 Å². The molecule has 0 amide bonds. The van der Waals surface area contributed by atoms with E-state index in [1.54, 1.807) is 0 Å². The van der Waals surface area contributed by atoms with Gasteiger partial charge in [0, 0.05) is 6.04 Å². The van der Waals surface area contributed by atoms with Crippen LogP contribution in [-0.2, 0) is 10.0 Å². The molecule has 0 aliphatic heterocycles. The van der Waals surface area contributed by atoms with Gasteiger partial charge in [0.1, 0.15) is 0 Å². The Hall–Kier alpha value is 0.160. The summed E-state index contributed by atoms with van der Waals surface area (Å²) in [6, 6.07) is 0.166. The minimum Gasteiger partial charge on any atom is -0.330 e. The summed E-state index contributed by atoms with van der Waals surface area (Å²) in [5.41, 5.74) is 5.45. The molecule has 0 heterocycles. The smallest absolute Gasteiger partial charge is 0.214 e. The Morgan fingerprint density at radius 3 is 2.29 bits per heavy atom. The van der Waals surface area contributed by atoms with Gasteiger partial charge in [-0.2, -0.15) is 0 Å². The third-order valence-electron chi connectivity index (χ3n) is 2.86. The van der Waals surface area contributed by atoms with Gasteiger partial charge in [0.2, 0.25) is 10.0 Å². The van der Waals surface area contributed by atoms with Gasteiger partial charge >= 0.3 is 0 Å². The molecule has 0 unspecified atom stereocenters. The standard InChI is InChI=1S/C8H16N2O2S.ClH/c9-5-6-3-7(4-6)10-13(11,12)8-1-2-8;/h6-8,10H,1-5,9H2;1H. The van der Waals surface area contributed by atoms with Crippen molar-refractivity contribution in [2.75, 3.05) is 6.54 Å². The van der Waals surface area contributed by atoms with E-state index in [2.05, 4.69) is 4.72 Å². The molecule has 6 heteroatoms. The van der Waals surface area contributed by atoms with Crippen molar-refractivity contribution >= 4 is 22.4 Å². The van der Waals surface area contributed by atoms with Crippen LogP contribution in [0.5, 0.6) is 0 Å². The highest BCUT2D eigenvalue weighted by Crippen LogP contribution is 2.31. The van der Waals surface area contributed by atoms with Crippen LogP contribution in [0.1, 0.15) is 25.7 Å². The van der Waals surface area contributed by atoms with Gasteiger partial charge in [0.15, 0.2) is 0 Å². The van der Waals surface area contributed by atoms with E-state index in [-0.39, 0.29) is 23.7 Å². The largest absolute Gasteiger partial charge is 0.330 e. The molecule has 3 N–H and O–H groups in total. The van der Waals surface area contributed by atoms with Crippen molar-refractivity contribution in [3.8, 4) is 0 Å². The van der Waals surface area contributed by atoms with E-state index in [0.717, 1.165) is 25.7 Å². The average molecular weight is 241 g/mol. The summed E-state index contributed by atoms with van der Waals surface area (Å²) >= 11 is 0. The van der Waals surface area contributed by atoms with E-state index in [0.29, 0.717) is 12.5 Å². The molecular weight excluding hydrogens is 224 g/mol. The third kappa shape index (κ3) is 2.59. The van der Waals surface area contributed by atoms with Gasteiger partial charge in [-0.3, -0.25) is 0 Å². The van der Waals surface area contributed by atoms with Crippen LogP contribution in [0.4, 0.5) is 0 Å². The lowest BCUT2D eigenvalue weighted by atomic mass is 9.81. The minimum absolute atomic E-state index is 0. The zero-order chi connectivity index (χ0) is 9.47. The second kappa shape index (κ2) is 4.35. The summed E-state index contributed by atoms with van der Waals surface area (Å²) in [7, 11) is -2.97. The van der Waals surface area contributed by atoms with E-state index in [1.165, 1.54) is 0 Å². The monoisotopic (exact) mass is 240 g/mol. The molecule has 84 valence electrons. The Morgan fingerprint density at radius 2 is 1.86 bits per heavy atom. The Labute approximate surface area is 91.1 Å². The van der Waals surface area contributed by atoms with Crippen LogP contribution in [0.15, 0.2) is 0 Å². The third-order valence-corrected chi connectivity index (χ3v) is 4.87. The van der Waals surface area contributed by atoms with Crippen molar-refractivity contribution in [1.82, 2.24) is 4.72 Å². The Kier molecular flexibility index (Phi) is 3.80. The molecule has 0 aromatic heterocycles. The van der Waals surface area contributed by atoms with Crippen molar-refractivity contribution in [3.05, 3.63) is 0 Å². The number of sulfonamides is 1. The molecule has 0 aromatic carbocycles. The normalized spacial score (nSPS) is 31.8. The number of nitrogens with one attached hydrogen (secondary N) is 1. The SMILES string of the molecule is Cl.NCC1CC(NS(=O)(=O)C2CC2)C1. The predicted molar refractivity (Wildman–Crippen MR) is 57.9 cm³/mol. The van der Waals surface area contributed by atoms with Gasteiger partial charge in [-0.05, 0) is 38.1 Å². The van der Waals surface area contributed by atoms with E-state index < -0.39 is 10.0 Å². The molecule has 0 atom stereocenters. The van der Waals surface area contributed by atoms with Gasteiger partial charge in [0.05, 0.1) is 5.25 Å². The molecule has 0 saturated heterocycles. The zero-order valence-corrected chi connectivity index (χ0v) is 9.61. The lowest BCUT2D eigenvalue weighted by Gasteiger charge is -2.34. The average Bonchev–Trinajstić information content (AvgIpc) is 2.77. The molecule has 0 aromatic rings. The highest BCUT2D eigenvalue weighted by molar-refractivity contribution is 7.90. The van der Waals surface area contributed by atoms with E-state index in [1.807, 2.05) is 0 Å². The summed E-state index contributed by atoms with van der Waals surface area (Å²) in [5.74, 6) is 0.534. The van der Waals surface area contributed by atoms with Crippen LogP contribution >= 0.6 is 12.4 Å². The molecule has 2 fully saturated rings. The fraction of sp³-hybridized carbons (Fsp3) is 1.00. The summed E-state index contributed by atoms with van der Waals surface area (Å²) in [4.78, 5) is 0. The Balaban J connectivity index is 0.000000980. The number of rotatable bonds is 4. The van der Waals surface area contributed by atoms with Gasteiger partial charge < -0.3 is 5.73 Å². The highest BCUT2D eigenvalue weighted by atomic mass is 35.5. The van der Waals surface area contributed by atoms with Crippen molar-refractivity contribution in [3.63, 3.8) is 0 Å². The number of nitrogens with two attached hydrogens (primary N) is 1. The molecule has 14 heavy (non-hydrogen) atoms. The van der Waals surface area contributed by atoms with Crippen LogP contribution < -0.4 is 10.5 Å². The van der Waals surface area contributed by atoms with Crippen LogP contribution in [0.3, 0.4) is 0 Å². The quantitative estimate of drug-likeness (QED) is 0.739. The molecule has 2 saturated carbocycles. The van der Waals surface area contributed by atoms with Crippen LogP contribution in [0, 0.1) is 5.92 Å². The van der Waals surface area contributed by atoms with E-state index >= 15 is 0 Å². The van der Waals surface area contributed by atoms with Crippen LogP contribution in [-0.4, -0.2) is 26.3 Å². The summed E-state index contributed by atoms with van der Waals surface area (Å²) < 4.78 is 25.6. The molecule has 0 bridgehead atoms. The lowest BCUT2D eigenvalue weighted by Crippen LogP contribution is -2.47. The summed E-state index contributed by atoms with van der Waals surface area (Å²) in [5, 5.41) is -0.0931. The summed E-state index contributed by atoms with van der Waals surface area (Å²) in [6.07, 6.45) is 3.51. The second-order valence-corrected chi connectivity index (χ2v) is 6.12. The molecule has 0 spiro atoms. The van der Waals surface area contributed by atoms with E-state index in [9.17, 15) is 8.42 Å². The first kappa shape index (κ1) is 12.2. The molecule has 2 aliphatic carbocycles. The predicted octanol–water partition coefficient (Wildman–Crippen LogP) is 0.227. The first-order valence-corrected chi connectivity index (χ1v) is 6.37. The van der Waals surface area contributed by atoms with Gasteiger partial charge in [-0.25, -0.2) is 13.1 Å². The fourth-order valence-corrected chi connectivity index (χ4v) is 3.34. The summed E-state index contributed by atoms with van der Waals surface area (Å²) in [6.45, 7) is 0.682. The van der Waals surface area contributed by atoms with Crippen molar-refractivity contribution in [1.29, 1.82) is 0 Å². The lowest BCUT2D eigenvalue weighted by molar-refractivity contribution is 0.255. The first-order chi connectivity index (χ1) is 6.12. The number of halogens is 1. The molecule has 2 rings (SSSR count).